The molecule has 2 aromatic rings. The average Bonchev–Trinajstić information content (AvgIpc) is 2.66. The van der Waals surface area contributed by atoms with Gasteiger partial charge in [0.05, 0.1) is 5.69 Å². The molecule has 4 nitrogen and oxygen atoms in total. The Morgan fingerprint density at radius 1 is 1.05 bits per heavy atom. The summed E-state index contributed by atoms with van der Waals surface area (Å²) in [4.78, 5) is 4.71. The quantitative estimate of drug-likeness (QED) is 0.830. The zero-order valence-electron chi connectivity index (χ0n) is 12.4. The van der Waals surface area contributed by atoms with Gasteiger partial charge in [-0.15, -0.1) is 0 Å². The van der Waals surface area contributed by atoms with Gasteiger partial charge in [-0.3, -0.25) is 5.43 Å². The molecule has 1 aliphatic heterocycles. The molecule has 0 aromatic heterocycles. The van der Waals surface area contributed by atoms with Crippen LogP contribution in [0.4, 0.5) is 5.69 Å². The third-order valence-electron chi connectivity index (χ3n) is 3.55. The Morgan fingerprint density at radius 2 is 1.76 bits per heavy atom. The van der Waals surface area contributed by atoms with Crippen molar-refractivity contribution in [3.8, 4) is 0 Å². The normalized spacial score (nSPS) is 17.5. The largest absolute Gasteiger partial charge is 0.354 e. The van der Waals surface area contributed by atoms with E-state index in [0.717, 1.165) is 18.2 Å². The van der Waals surface area contributed by atoms with Crippen molar-refractivity contribution in [2.45, 2.75) is 5.92 Å². The molecular formula is C17H20N4. The Hall–Kier alpha value is -2.33. The number of hydrazine groups is 1. The van der Waals surface area contributed by atoms with E-state index in [0.29, 0.717) is 5.92 Å². The molecule has 0 amide bonds. The lowest BCUT2D eigenvalue weighted by molar-refractivity contribution is 0.356. The molecule has 1 heterocycles. The predicted molar refractivity (Wildman–Crippen MR) is 86.6 cm³/mol. The topological polar surface area (TPSA) is 39.7 Å². The van der Waals surface area contributed by atoms with Gasteiger partial charge in [-0.25, -0.2) is 10.0 Å². The van der Waals surface area contributed by atoms with Gasteiger partial charge in [0.2, 0.25) is 5.96 Å². The summed E-state index contributed by atoms with van der Waals surface area (Å²) >= 11 is 0. The molecule has 0 fully saturated rings. The van der Waals surface area contributed by atoms with Crippen LogP contribution < -0.4 is 10.7 Å². The van der Waals surface area contributed by atoms with Crippen molar-refractivity contribution in [2.75, 3.05) is 20.6 Å². The average molecular weight is 280 g/mol. The molecule has 1 aliphatic rings. The van der Waals surface area contributed by atoms with Crippen LogP contribution in [0.3, 0.4) is 0 Å². The molecule has 3 rings (SSSR count). The van der Waals surface area contributed by atoms with Gasteiger partial charge in [0.15, 0.2) is 0 Å². The van der Waals surface area contributed by atoms with Gasteiger partial charge >= 0.3 is 0 Å². The van der Waals surface area contributed by atoms with Crippen LogP contribution in [0.5, 0.6) is 0 Å². The minimum atomic E-state index is 0.299. The van der Waals surface area contributed by atoms with E-state index < -0.39 is 0 Å². The number of guanidine groups is 1. The number of fused-ring (bicyclic) bond motifs is 1. The number of para-hydroxylation sites is 1. The smallest absolute Gasteiger partial charge is 0.211 e. The van der Waals surface area contributed by atoms with E-state index in [-0.39, 0.29) is 0 Å². The highest BCUT2D eigenvalue weighted by molar-refractivity contribution is 5.83. The Labute approximate surface area is 125 Å². The molecule has 0 spiro atoms. The lowest BCUT2D eigenvalue weighted by atomic mass is 9.90. The van der Waals surface area contributed by atoms with Crippen molar-refractivity contribution in [3.63, 3.8) is 0 Å². The molecule has 4 heteroatoms. The van der Waals surface area contributed by atoms with E-state index in [1.54, 1.807) is 0 Å². The zero-order chi connectivity index (χ0) is 14.7. The van der Waals surface area contributed by atoms with Crippen LogP contribution in [0.2, 0.25) is 0 Å². The van der Waals surface area contributed by atoms with Crippen molar-refractivity contribution in [1.82, 2.24) is 15.8 Å². The van der Waals surface area contributed by atoms with Gasteiger partial charge in [-0.05, 0) is 17.2 Å². The Bertz CT molecular complexity index is 634. The minimum Gasteiger partial charge on any atom is -0.354 e. The monoisotopic (exact) mass is 280 g/mol. The second-order valence-corrected chi connectivity index (χ2v) is 5.37. The summed E-state index contributed by atoms with van der Waals surface area (Å²) < 4.78 is 0. The molecule has 0 saturated carbocycles. The molecule has 2 N–H and O–H groups in total. The first-order valence-electron chi connectivity index (χ1n) is 7.14. The minimum absolute atomic E-state index is 0.299. The van der Waals surface area contributed by atoms with E-state index in [1.807, 2.05) is 25.2 Å². The number of hydrogen-bond donors (Lipinski definition) is 2. The fourth-order valence-electron chi connectivity index (χ4n) is 2.61. The number of benzene rings is 2. The van der Waals surface area contributed by atoms with Crippen molar-refractivity contribution in [3.05, 3.63) is 65.7 Å². The number of rotatable bonds is 2. The lowest BCUT2D eigenvalue weighted by Gasteiger charge is -2.19. The van der Waals surface area contributed by atoms with Gasteiger partial charge in [-0.2, -0.15) is 0 Å². The SMILES string of the molecule is CN(C)NC1=Nc2ccccc2C(c2ccccc2)CN1. The highest BCUT2D eigenvalue weighted by Crippen LogP contribution is 2.32. The highest BCUT2D eigenvalue weighted by atomic mass is 15.5. The molecule has 0 radical (unpaired) electrons. The molecule has 1 unspecified atom stereocenters. The molecule has 0 aliphatic carbocycles. The lowest BCUT2D eigenvalue weighted by Crippen LogP contribution is -2.45. The van der Waals surface area contributed by atoms with E-state index in [9.17, 15) is 0 Å². The van der Waals surface area contributed by atoms with Crippen LogP contribution in [-0.2, 0) is 0 Å². The summed E-state index contributed by atoms with van der Waals surface area (Å²) in [6.07, 6.45) is 0. The summed E-state index contributed by atoms with van der Waals surface area (Å²) in [5.74, 6) is 1.08. The molecule has 0 saturated heterocycles. The highest BCUT2D eigenvalue weighted by Gasteiger charge is 2.21. The van der Waals surface area contributed by atoms with Crippen LogP contribution in [0, 0.1) is 0 Å². The number of nitrogens with one attached hydrogen (secondary N) is 2. The van der Waals surface area contributed by atoms with Crippen molar-refractivity contribution < 1.29 is 0 Å². The van der Waals surface area contributed by atoms with Gasteiger partial charge in [0, 0.05) is 26.6 Å². The summed E-state index contributed by atoms with van der Waals surface area (Å²) in [5, 5.41) is 5.29. The van der Waals surface area contributed by atoms with Gasteiger partial charge < -0.3 is 5.32 Å². The van der Waals surface area contributed by atoms with Crippen LogP contribution in [0.25, 0.3) is 0 Å². The fraction of sp³-hybridized carbons (Fsp3) is 0.235. The van der Waals surface area contributed by atoms with E-state index in [4.69, 9.17) is 4.99 Å². The Morgan fingerprint density at radius 3 is 2.52 bits per heavy atom. The Balaban J connectivity index is 1.99. The second-order valence-electron chi connectivity index (χ2n) is 5.37. The maximum atomic E-state index is 4.71. The van der Waals surface area contributed by atoms with Gasteiger partial charge in [0.1, 0.15) is 0 Å². The number of nitrogens with zero attached hydrogens (tertiary/aromatic N) is 2. The first-order chi connectivity index (χ1) is 10.2. The van der Waals surface area contributed by atoms with Crippen LogP contribution >= 0.6 is 0 Å². The summed E-state index contributed by atoms with van der Waals surface area (Å²) in [7, 11) is 3.91. The summed E-state index contributed by atoms with van der Waals surface area (Å²) in [6, 6.07) is 18.9. The van der Waals surface area contributed by atoms with E-state index in [1.165, 1.54) is 11.1 Å². The van der Waals surface area contributed by atoms with Crippen LogP contribution in [0.1, 0.15) is 17.0 Å². The van der Waals surface area contributed by atoms with Crippen LogP contribution in [-0.4, -0.2) is 31.6 Å². The van der Waals surface area contributed by atoms with Gasteiger partial charge in [0.25, 0.3) is 0 Å². The van der Waals surface area contributed by atoms with E-state index >= 15 is 0 Å². The first-order valence-corrected chi connectivity index (χ1v) is 7.14. The summed E-state index contributed by atoms with van der Waals surface area (Å²) in [5.41, 5.74) is 6.78. The van der Waals surface area contributed by atoms with Crippen molar-refractivity contribution in [1.29, 1.82) is 0 Å². The molecule has 2 aromatic carbocycles. The molecule has 108 valence electrons. The zero-order valence-corrected chi connectivity index (χ0v) is 12.4. The van der Waals surface area contributed by atoms with Gasteiger partial charge in [-0.1, -0.05) is 48.5 Å². The molecule has 1 atom stereocenters. The number of hydrogen-bond acceptors (Lipinski definition) is 4. The number of aliphatic imine (C=N–C) groups is 1. The molecular weight excluding hydrogens is 260 g/mol. The maximum Gasteiger partial charge on any atom is 0.211 e. The van der Waals surface area contributed by atoms with Crippen molar-refractivity contribution in [2.24, 2.45) is 4.99 Å². The van der Waals surface area contributed by atoms with E-state index in [2.05, 4.69) is 59.3 Å². The fourth-order valence-corrected chi connectivity index (χ4v) is 2.61. The standard InChI is InChI=1S/C17H20N4/c1-21(2)20-17-18-12-15(13-8-4-3-5-9-13)14-10-6-7-11-16(14)19-17/h3-11,15H,12H2,1-2H3,(H2,18,19,20). The third kappa shape index (κ3) is 3.06. The second kappa shape index (κ2) is 5.97. The Kier molecular flexibility index (Phi) is 3.88. The first kappa shape index (κ1) is 13.6. The summed E-state index contributed by atoms with van der Waals surface area (Å²) in [6.45, 7) is 0.820. The van der Waals surface area contributed by atoms with Crippen molar-refractivity contribution >= 4 is 11.6 Å². The molecule has 21 heavy (non-hydrogen) atoms. The third-order valence-corrected chi connectivity index (χ3v) is 3.55. The van der Waals surface area contributed by atoms with Crippen LogP contribution in [0.15, 0.2) is 59.6 Å². The maximum absolute atomic E-state index is 4.71. The predicted octanol–water partition coefficient (Wildman–Crippen LogP) is 2.48. The molecule has 0 bridgehead atoms.